The van der Waals surface area contributed by atoms with Crippen LogP contribution in [0.4, 0.5) is 5.69 Å². The number of anilines is 1. The van der Waals surface area contributed by atoms with E-state index < -0.39 is 11.6 Å². The standard InChI is InChI=1S/C19H29N3O3/c1-13(2)11-19(3,12-20)22-17(23)14-6-4-7-15(10-14)21-18(24)16-8-5-9-25-16/h4,6-7,10,13,16H,5,8-9,11-12,20H2,1-3H3,(H,21,24)(H,22,23). The van der Waals surface area contributed by atoms with Crippen molar-refractivity contribution in [1.29, 1.82) is 0 Å². The van der Waals surface area contributed by atoms with Crippen LogP contribution in [0.25, 0.3) is 0 Å². The zero-order valence-electron chi connectivity index (χ0n) is 15.3. The van der Waals surface area contributed by atoms with Gasteiger partial charge in [-0.3, -0.25) is 9.59 Å². The van der Waals surface area contributed by atoms with Crippen LogP contribution < -0.4 is 16.4 Å². The summed E-state index contributed by atoms with van der Waals surface area (Å²) in [4.78, 5) is 24.7. The van der Waals surface area contributed by atoms with Crippen LogP contribution in [0.5, 0.6) is 0 Å². The summed E-state index contributed by atoms with van der Waals surface area (Å²) < 4.78 is 5.38. The Kier molecular flexibility index (Phi) is 6.56. The van der Waals surface area contributed by atoms with Gasteiger partial charge in [-0.25, -0.2) is 0 Å². The molecule has 6 nitrogen and oxygen atoms in total. The maximum atomic E-state index is 12.6. The second-order valence-electron chi connectivity index (χ2n) is 7.39. The van der Waals surface area contributed by atoms with E-state index in [0.29, 0.717) is 30.3 Å². The molecule has 2 rings (SSSR count). The highest BCUT2D eigenvalue weighted by Crippen LogP contribution is 2.19. The van der Waals surface area contributed by atoms with Crippen molar-refractivity contribution in [2.75, 3.05) is 18.5 Å². The number of carbonyl (C=O) groups excluding carboxylic acids is 2. The summed E-state index contributed by atoms with van der Waals surface area (Å²) in [7, 11) is 0. The number of nitrogens with two attached hydrogens (primary N) is 1. The molecule has 0 spiro atoms. The molecule has 2 amide bonds. The van der Waals surface area contributed by atoms with Gasteiger partial charge in [-0.15, -0.1) is 0 Å². The quantitative estimate of drug-likeness (QED) is 0.705. The summed E-state index contributed by atoms with van der Waals surface area (Å²) in [5.74, 6) is 0.0642. The summed E-state index contributed by atoms with van der Waals surface area (Å²) in [6, 6.07) is 6.92. The predicted molar refractivity (Wildman–Crippen MR) is 98.4 cm³/mol. The Morgan fingerprint density at radius 2 is 2.16 bits per heavy atom. The van der Waals surface area contributed by atoms with Gasteiger partial charge in [0.05, 0.1) is 0 Å². The van der Waals surface area contributed by atoms with Crippen LogP contribution in [0, 0.1) is 5.92 Å². The van der Waals surface area contributed by atoms with E-state index in [1.54, 1.807) is 24.3 Å². The van der Waals surface area contributed by atoms with Crippen molar-refractivity contribution in [2.45, 2.75) is 51.7 Å². The van der Waals surface area contributed by atoms with Crippen LogP contribution in [0.3, 0.4) is 0 Å². The summed E-state index contributed by atoms with van der Waals surface area (Å²) in [5, 5.41) is 5.84. The number of rotatable bonds is 7. The zero-order valence-corrected chi connectivity index (χ0v) is 15.3. The van der Waals surface area contributed by atoms with Crippen molar-refractivity contribution < 1.29 is 14.3 Å². The molecule has 1 aromatic carbocycles. The van der Waals surface area contributed by atoms with E-state index in [1.165, 1.54) is 0 Å². The van der Waals surface area contributed by atoms with E-state index in [0.717, 1.165) is 19.3 Å². The number of nitrogens with one attached hydrogen (secondary N) is 2. The second kappa shape index (κ2) is 8.45. The molecule has 0 saturated carbocycles. The molecule has 1 saturated heterocycles. The highest BCUT2D eigenvalue weighted by molar-refractivity contribution is 5.98. The third-order valence-electron chi connectivity index (χ3n) is 4.34. The average Bonchev–Trinajstić information content (AvgIpc) is 3.09. The van der Waals surface area contributed by atoms with Crippen molar-refractivity contribution in [2.24, 2.45) is 11.7 Å². The first-order valence-corrected chi connectivity index (χ1v) is 8.88. The summed E-state index contributed by atoms with van der Waals surface area (Å²) in [6.07, 6.45) is 2.03. The largest absolute Gasteiger partial charge is 0.368 e. The average molecular weight is 347 g/mol. The van der Waals surface area contributed by atoms with Crippen molar-refractivity contribution >= 4 is 17.5 Å². The van der Waals surface area contributed by atoms with Gasteiger partial charge in [0.25, 0.3) is 11.8 Å². The first-order valence-electron chi connectivity index (χ1n) is 8.88. The molecular weight excluding hydrogens is 318 g/mol. The lowest BCUT2D eigenvalue weighted by atomic mass is 9.90. The van der Waals surface area contributed by atoms with Gasteiger partial charge < -0.3 is 21.1 Å². The fourth-order valence-electron chi connectivity index (χ4n) is 3.18. The van der Waals surface area contributed by atoms with Crippen LogP contribution >= 0.6 is 0 Å². The van der Waals surface area contributed by atoms with Crippen LogP contribution in [-0.2, 0) is 9.53 Å². The van der Waals surface area contributed by atoms with Gasteiger partial charge in [-0.2, -0.15) is 0 Å². The number of carbonyl (C=O) groups is 2. The summed E-state index contributed by atoms with van der Waals surface area (Å²) >= 11 is 0. The van der Waals surface area contributed by atoms with Crippen LogP contribution in [0.15, 0.2) is 24.3 Å². The van der Waals surface area contributed by atoms with E-state index in [1.807, 2.05) is 6.92 Å². The third kappa shape index (κ3) is 5.54. The molecule has 25 heavy (non-hydrogen) atoms. The normalized spacial score (nSPS) is 19.5. The molecule has 138 valence electrons. The predicted octanol–water partition coefficient (Wildman–Crippen LogP) is 2.30. The van der Waals surface area contributed by atoms with Crippen LogP contribution in [0.1, 0.15) is 50.4 Å². The van der Waals surface area contributed by atoms with Crippen molar-refractivity contribution in [3.8, 4) is 0 Å². The Balaban J connectivity index is 2.04. The minimum Gasteiger partial charge on any atom is -0.368 e. The molecule has 2 atom stereocenters. The molecule has 0 aromatic heterocycles. The molecular formula is C19H29N3O3. The van der Waals surface area contributed by atoms with E-state index in [-0.39, 0.29) is 11.8 Å². The van der Waals surface area contributed by atoms with E-state index in [4.69, 9.17) is 10.5 Å². The first-order chi connectivity index (χ1) is 11.8. The highest BCUT2D eigenvalue weighted by Gasteiger charge is 2.27. The van der Waals surface area contributed by atoms with Gasteiger partial charge >= 0.3 is 0 Å². The lowest BCUT2D eigenvalue weighted by molar-refractivity contribution is -0.124. The van der Waals surface area contributed by atoms with Crippen LogP contribution in [0.2, 0.25) is 0 Å². The molecule has 6 heteroatoms. The van der Waals surface area contributed by atoms with Gasteiger partial charge in [0.1, 0.15) is 6.10 Å². The molecule has 0 aliphatic carbocycles. The van der Waals surface area contributed by atoms with Gasteiger partial charge in [-0.05, 0) is 50.3 Å². The Labute approximate surface area is 149 Å². The topological polar surface area (TPSA) is 93.5 Å². The van der Waals surface area contributed by atoms with Crippen molar-refractivity contribution in [3.63, 3.8) is 0 Å². The third-order valence-corrected chi connectivity index (χ3v) is 4.34. The lowest BCUT2D eigenvalue weighted by Crippen LogP contribution is -2.52. The van der Waals surface area contributed by atoms with Gasteiger partial charge in [0, 0.05) is 29.9 Å². The van der Waals surface area contributed by atoms with Crippen molar-refractivity contribution in [3.05, 3.63) is 29.8 Å². The fourth-order valence-corrected chi connectivity index (χ4v) is 3.18. The van der Waals surface area contributed by atoms with Gasteiger partial charge in [-0.1, -0.05) is 19.9 Å². The minimum atomic E-state index is -0.456. The molecule has 1 aliphatic rings. The molecule has 1 aromatic rings. The fraction of sp³-hybridized carbons (Fsp3) is 0.579. The smallest absolute Gasteiger partial charge is 0.253 e. The molecule has 4 N–H and O–H groups in total. The highest BCUT2D eigenvalue weighted by atomic mass is 16.5. The lowest BCUT2D eigenvalue weighted by Gasteiger charge is -2.31. The number of amides is 2. The molecule has 0 bridgehead atoms. The molecule has 1 heterocycles. The van der Waals surface area contributed by atoms with E-state index >= 15 is 0 Å². The van der Waals surface area contributed by atoms with E-state index in [9.17, 15) is 9.59 Å². The molecule has 2 unspecified atom stereocenters. The Hall–Kier alpha value is -1.92. The van der Waals surface area contributed by atoms with Gasteiger partial charge in [0.15, 0.2) is 0 Å². The number of hydrogen-bond acceptors (Lipinski definition) is 4. The monoisotopic (exact) mass is 347 g/mol. The Bertz CT molecular complexity index is 612. The number of hydrogen-bond donors (Lipinski definition) is 3. The van der Waals surface area contributed by atoms with E-state index in [2.05, 4.69) is 24.5 Å². The zero-order chi connectivity index (χ0) is 18.4. The first kappa shape index (κ1) is 19.4. The van der Waals surface area contributed by atoms with Crippen molar-refractivity contribution in [1.82, 2.24) is 5.32 Å². The Morgan fingerprint density at radius 3 is 2.76 bits per heavy atom. The molecule has 0 radical (unpaired) electrons. The second-order valence-corrected chi connectivity index (χ2v) is 7.39. The maximum Gasteiger partial charge on any atom is 0.253 e. The SMILES string of the molecule is CC(C)CC(C)(CN)NC(=O)c1cccc(NC(=O)C2CCCO2)c1. The molecule has 1 fully saturated rings. The number of ether oxygens (including phenoxy) is 1. The maximum absolute atomic E-state index is 12.6. The summed E-state index contributed by atoms with van der Waals surface area (Å²) in [6.45, 7) is 7.14. The molecule has 1 aliphatic heterocycles. The summed E-state index contributed by atoms with van der Waals surface area (Å²) in [5.41, 5.74) is 6.49. The minimum absolute atomic E-state index is 0.165. The van der Waals surface area contributed by atoms with Crippen LogP contribution in [-0.4, -0.2) is 36.6 Å². The number of benzene rings is 1. The Morgan fingerprint density at radius 1 is 1.40 bits per heavy atom. The van der Waals surface area contributed by atoms with Gasteiger partial charge in [0.2, 0.25) is 0 Å².